The van der Waals surface area contributed by atoms with Gasteiger partial charge < -0.3 is 9.84 Å². The number of carbonyl (C=O) groups is 1. The zero-order valence-corrected chi connectivity index (χ0v) is 10.3. The Labute approximate surface area is 113 Å². The molecule has 1 unspecified atom stereocenters. The van der Waals surface area contributed by atoms with E-state index in [0.29, 0.717) is 0 Å². The topological polar surface area (TPSA) is 46.5 Å². The Morgan fingerprint density at radius 3 is 2.70 bits per heavy atom. The van der Waals surface area contributed by atoms with Gasteiger partial charge in [0.2, 0.25) is 0 Å². The first-order valence-electron chi connectivity index (χ1n) is 6.02. The molecule has 0 saturated heterocycles. The summed E-state index contributed by atoms with van der Waals surface area (Å²) in [6, 6.07) is 7.31. The van der Waals surface area contributed by atoms with E-state index in [0.717, 1.165) is 12.1 Å². The van der Waals surface area contributed by atoms with E-state index in [-0.39, 0.29) is 34.8 Å². The highest BCUT2D eigenvalue weighted by atomic mass is 19.1. The number of phenolic OH excluding ortho intramolecular Hbond substituents is 1. The van der Waals surface area contributed by atoms with E-state index in [1.165, 1.54) is 24.3 Å². The predicted molar refractivity (Wildman–Crippen MR) is 66.8 cm³/mol. The lowest BCUT2D eigenvalue weighted by molar-refractivity contribution is 0.0845. The van der Waals surface area contributed by atoms with Crippen LogP contribution in [0.1, 0.15) is 28.4 Å². The average Bonchev–Trinajstić information content (AvgIpc) is 2.39. The highest BCUT2D eigenvalue weighted by Crippen LogP contribution is 2.37. The molecule has 0 radical (unpaired) electrons. The summed E-state index contributed by atoms with van der Waals surface area (Å²) in [5.41, 5.74) is 0.405. The van der Waals surface area contributed by atoms with E-state index in [2.05, 4.69) is 0 Å². The Hall–Kier alpha value is -2.43. The van der Waals surface area contributed by atoms with Gasteiger partial charge in [0.05, 0.1) is 12.0 Å². The van der Waals surface area contributed by atoms with Gasteiger partial charge in [-0.2, -0.15) is 0 Å². The molecule has 1 aliphatic rings. The third-order valence-corrected chi connectivity index (χ3v) is 3.21. The van der Waals surface area contributed by atoms with Crippen molar-refractivity contribution in [1.29, 1.82) is 0 Å². The zero-order chi connectivity index (χ0) is 14.3. The van der Waals surface area contributed by atoms with E-state index in [9.17, 15) is 18.7 Å². The monoisotopic (exact) mass is 276 g/mol. The Morgan fingerprint density at radius 1 is 1.15 bits per heavy atom. The summed E-state index contributed by atoms with van der Waals surface area (Å²) in [7, 11) is 0. The molecule has 0 bridgehead atoms. The van der Waals surface area contributed by atoms with Crippen LogP contribution < -0.4 is 4.74 Å². The molecule has 1 heterocycles. The molecule has 2 aromatic rings. The molecule has 0 saturated carbocycles. The summed E-state index contributed by atoms with van der Waals surface area (Å²) < 4.78 is 32.2. The Morgan fingerprint density at radius 2 is 1.95 bits per heavy atom. The van der Waals surface area contributed by atoms with Crippen LogP contribution >= 0.6 is 0 Å². The summed E-state index contributed by atoms with van der Waals surface area (Å²) in [6.07, 6.45) is -0.848. The Bertz CT molecular complexity index is 698. The van der Waals surface area contributed by atoms with E-state index >= 15 is 0 Å². The number of carbonyl (C=O) groups excluding carboxylic acids is 1. The third-order valence-electron chi connectivity index (χ3n) is 3.21. The van der Waals surface area contributed by atoms with Crippen LogP contribution in [0.5, 0.6) is 11.5 Å². The SMILES string of the molecule is O=C1CC(c2ccc(F)cc2F)Oc2ccc(O)cc21. The second-order valence-electron chi connectivity index (χ2n) is 4.58. The minimum atomic E-state index is -0.792. The number of ketones is 1. The average molecular weight is 276 g/mol. The summed E-state index contributed by atoms with van der Waals surface area (Å²) in [6.45, 7) is 0. The fourth-order valence-corrected chi connectivity index (χ4v) is 2.25. The standard InChI is InChI=1S/C15H10F2O3/c16-8-1-3-10(12(17)5-8)15-7-13(19)11-6-9(18)2-4-14(11)20-15/h1-6,15,18H,7H2. The summed E-state index contributed by atoms with van der Waals surface area (Å²) in [5.74, 6) is -1.43. The number of ether oxygens (including phenoxy) is 1. The molecular weight excluding hydrogens is 266 g/mol. The van der Waals surface area contributed by atoms with Gasteiger partial charge in [-0.3, -0.25) is 4.79 Å². The molecule has 0 spiro atoms. The third kappa shape index (κ3) is 2.11. The second-order valence-corrected chi connectivity index (χ2v) is 4.58. The molecule has 3 rings (SSSR count). The number of benzene rings is 2. The molecule has 0 aliphatic carbocycles. The first-order chi connectivity index (χ1) is 9.54. The van der Waals surface area contributed by atoms with Gasteiger partial charge in [0, 0.05) is 11.6 Å². The van der Waals surface area contributed by atoms with Crippen LogP contribution in [0.4, 0.5) is 8.78 Å². The van der Waals surface area contributed by atoms with Crippen LogP contribution in [0, 0.1) is 11.6 Å². The fraction of sp³-hybridized carbons (Fsp3) is 0.133. The van der Waals surface area contributed by atoms with Gasteiger partial charge in [0.15, 0.2) is 5.78 Å². The summed E-state index contributed by atoms with van der Waals surface area (Å²) in [5, 5.41) is 9.35. The molecule has 20 heavy (non-hydrogen) atoms. The van der Waals surface area contributed by atoms with Gasteiger partial charge >= 0.3 is 0 Å². The van der Waals surface area contributed by atoms with Crippen molar-refractivity contribution in [2.75, 3.05) is 0 Å². The predicted octanol–water partition coefficient (Wildman–Crippen LogP) is 3.38. The maximum Gasteiger partial charge on any atom is 0.170 e. The van der Waals surface area contributed by atoms with Gasteiger partial charge in [0.1, 0.15) is 29.2 Å². The molecule has 5 heteroatoms. The lowest BCUT2D eigenvalue weighted by Gasteiger charge is -2.25. The second kappa shape index (κ2) is 4.59. The Kier molecular flexibility index (Phi) is 2.89. The molecule has 0 fully saturated rings. The highest BCUT2D eigenvalue weighted by Gasteiger charge is 2.29. The number of hydrogen-bond donors (Lipinski definition) is 1. The normalized spacial score (nSPS) is 17.5. The van der Waals surface area contributed by atoms with Crippen molar-refractivity contribution in [3.05, 3.63) is 59.2 Å². The van der Waals surface area contributed by atoms with Crippen molar-refractivity contribution < 1.29 is 23.4 Å². The van der Waals surface area contributed by atoms with Crippen molar-refractivity contribution in [1.82, 2.24) is 0 Å². The molecule has 2 aromatic carbocycles. The lowest BCUT2D eigenvalue weighted by Crippen LogP contribution is -2.21. The molecular formula is C15H10F2O3. The van der Waals surface area contributed by atoms with Crippen molar-refractivity contribution >= 4 is 5.78 Å². The molecule has 1 N–H and O–H groups in total. The van der Waals surface area contributed by atoms with E-state index in [1.54, 1.807) is 0 Å². The number of fused-ring (bicyclic) bond motifs is 1. The van der Waals surface area contributed by atoms with Crippen molar-refractivity contribution in [3.8, 4) is 11.5 Å². The number of aromatic hydroxyl groups is 1. The molecule has 0 amide bonds. The van der Waals surface area contributed by atoms with Gasteiger partial charge in [0.25, 0.3) is 0 Å². The van der Waals surface area contributed by atoms with E-state index < -0.39 is 17.7 Å². The van der Waals surface area contributed by atoms with Crippen LogP contribution in [-0.4, -0.2) is 10.9 Å². The fourth-order valence-electron chi connectivity index (χ4n) is 2.25. The van der Waals surface area contributed by atoms with Gasteiger partial charge in [-0.25, -0.2) is 8.78 Å². The summed E-state index contributed by atoms with van der Waals surface area (Å²) in [4.78, 5) is 12.0. The number of halogens is 2. The number of hydrogen-bond acceptors (Lipinski definition) is 3. The van der Waals surface area contributed by atoms with Crippen molar-refractivity contribution in [2.45, 2.75) is 12.5 Å². The van der Waals surface area contributed by atoms with Gasteiger partial charge in [-0.15, -0.1) is 0 Å². The van der Waals surface area contributed by atoms with Crippen LogP contribution in [-0.2, 0) is 0 Å². The molecule has 102 valence electrons. The van der Waals surface area contributed by atoms with Crippen LogP contribution in [0.2, 0.25) is 0 Å². The number of phenols is 1. The largest absolute Gasteiger partial charge is 0.508 e. The quantitative estimate of drug-likeness (QED) is 0.868. The Balaban J connectivity index is 1.99. The van der Waals surface area contributed by atoms with Crippen molar-refractivity contribution in [2.24, 2.45) is 0 Å². The number of Topliss-reactive ketones (excluding diaryl/α,β-unsaturated/α-hetero) is 1. The summed E-state index contributed by atoms with van der Waals surface area (Å²) >= 11 is 0. The number of rotatable bonds is 1. The minimum absolute atomic E-state index is 0.0351. The van der Waals surface area contributed by atoms with E-state index in [1.807, 2.05) is 0 Å². The van der Waals surface area contributed by atoms with Crippen LogP contribution in [0.25, 0.3) is 0 Å². The van der Waals surface area contributed by atoms with E-state index in [4.69, 9.17) is 4.74 Å². The lowest BCUT2D eigenvalue weighted by atomic mass is 9.96. The van der Waals surface area contributed by atoms with Gasteiger partial charge in [-0.05, 0) is 30.3 Å². The van der Waals surface area contributed by atoms with Crippen molar-refractivity contribution in [3.63, 3.8) is 0 Å². The maximum absolute atomic E-state index is 13.7. The molecule has 1 atom stereocenters. The van der Waals surface area contributed by atoms with Crippen LogP contribution in [0.15, 0.2) is 36.4 Å². The molecule has 3 nitrogen and oxygen atoms in total. The first-order valence-corrected chi connectivity index (χ1v) is 6.02. The van der Waals surface area contributed by atoms with Crippen LogP contribution in [0.3, 0.4) is 0 Å². The molecule has 1 aliphatic heterocycles. The molecule has 0 aromatic heterocycles. The van der Waals surface area contributed by atoms with Gasteiger partial charge in [-0.1, -0.05) is 0 Å². The minimum Gasteiger partial charge on any atom is -0.508 e. The maximum atomic E-state index is 13.7. The zero-order valence-electron chi connectivity index (χ0n) is 10.3. The highest BCUT2D eigenvalue weighted by molar-refractivity contribution is 6.00. The smallest absolute Gasteiger partial charge is 0.170 e. The first kappa shape index (κ1) is 12.6.